The van der Waals surface area contributed by atoms with Crippen molar-refractivity contribution >= 4 is 39.6 Å². The molecule has 0 aliphatic rings. The molecule has 2 N–H and O–H groups in total. The second-order valence-electron chi connectivity index (χ2n) is 5.19. The molecule has 0 saturated heterocycles. The van der Waals surface area contributed by atoms with Gasteiger partial charge in [-0.1, -0.05) is 39.5 Å². The van der Waals surface area contributed by atoms with E-state index >= 15 is 0 Å². The molecule has 2 amide bonds. The smallest absolute Gasteiger partial charge is 0.329 e. The number of anilines is 1. The molecule has 2 rings (SSSR count). The summed E-state index contributed by atoms with van der Waals surface area (Å²) in [6.45, 7) is 2.03. The Bertz CT molecular complexity index is 871. The number of carbonyl (C=O) groups excluding carboxylic acids is 2. The third-order valence-electron chi connectivity index (χ3n) is 3.17. The Balaban J connectivity index is 1.98. The van der Waals surface area contributed by atoms with Gasteiger partial charge in [-0.2, -0.15) is 5.10 Å². The van der Waals surface area contributed by atoms with Crippen LogP contribution in [0.5, 0.6) is 5.75 Å². The van der Waals surface area contributed by atoms with Crippen LogP contribution in [0.4, 0.5) is 5.69 Å². The van der Waals surface area contributed by atoms with Gasteiger partial charge in [0.05, 0.1) is 6.21 Å². The normalized spacial score (nSPS) is 10.2. The van der Waals surface area contributed by atoms with Gasteiger partial charge in [0.15, 0.2) is 0 Å². The van der Waals surface area contributed by atoms with Gasteiger partial charge in [-0.25, -0.2) is 5.43 Å². The van der Waals surface area contributed by atoms with Gasteiger partial charge in [-0.15, -0.1) is 6.42 Å². The van der Waals surface area contributed by atoms with Crippen molar-refractivity contribution < 1.29 is 14.3 Å². The van der Waals surface area contributed by atoms with Crippen LogP contribution in [0.2, 0.25) is 0 Å². The molecule has 0 saturated carbocycles. The lowest BCUT2D eigenvalue weighted by Gasteiger charge is -2.07. The molecule has 132 valence electrons. The lowest BCUT2D eigenvalue weighted by molar-refractivity contribution is -0.136. The predicted octanol–water partition coefficient (Wildman–Crippen LogP) is 2.86. The number of hydrogen-bond donors (Lipinski definition) is 2. The molecule has 0 atom stereocenters. The first-order chi connectivity index (χ1) is 12.5. The fourth-order valence-corrected chi connectivity index (χ4v) is 2.29. The molecule has 0 heterocycles. The number of nitrogens with zero attached hydrogens (tertiary/aromatic N) is 1. The minimum absolute atomic E-state index is 0.105. The zero-order valence-electron chi connectivity index (χ0n) is 14.0. The van der Waals surface area contributed by atoms with E-state index in [0.717, 1.165) is 10.0 Å². The van der Waals surface area contributed by atoms with Crippen LogP contribution in [-0.2, 0) is 9.59 Å². The van der Waals surface area contributed by atoms with E-state index in [1.54, 1.807) is 30.3 Å². The number of amides is 2. The van der Waals surface area contributed by atoms with E-state index in [4.69, 9.17) is 11.2 Å². The molecule has 26 heavy (non-hydrogen) atoms. The highest BCUT2D eigenvalue weighted by Gasteiger charge is 2.12. The first kappa shape index (κ1) is 19.2. The third kappa shape index (κ3) is 5.76. The van der Waals surface area contributed by atoms with Gasteiger partial charge in [0.25, 0.3) is 0 Å². The molecular formula is C19H16BrN3O3. The molecule has 0 fully saturated rings. The highest BCUT2D eigenvalue weighted by atomic mass is 79.9. The number of benzene rings is 2. The Hall–Kier alpha value is -3.11. The van der Waals surface area contributed by atoms with Crippen LogP contribution in [0, 0.1) is 19.3 Å². The summed E-state index contributed by atoms with van der Waals surface area (Å²) in [4.78, 5) is 23.7. The summed E-state index contributed by atoms with van der Waals surface area (Å²) < 4.78 is 6.20. The minimum Gasteiger partial charge on any atom is -0.480 e. The lowest BCUT2D eigenvalue weighted by atomic mass is 10.2. The summed E-state index contributed by atoms with van der Waals surface area (Å²) in [5, 5.41) is 6.28. The summed E-state index contributed by atoms with van der Waals surface area (Å²) in [5.41, 5.74) is 4.34. The first-order valence-electron chi connectivity index (χ1n) is 7.56. The number of halogens is 1. The average Bonchev–Trinajstić information content (AvgIpc) is 2.62. The van der Waals surface area contributed by atoms with Crippen LogP contribution in [0.25, 0.3) is 0 Å². The Labute approximate surface area is 159 Å². The fraction of sp³-hybridized carbons (Fsp3) is 0.105. The summed E-state index contributed by atoms with van der Waals surface area (Å²) in [6, 6.07) is 12.3. The van der Waals surface area contributed by atoms with Crippen molar-refractivity contribution in [3.63, 3.8) is 0 Å². The van der Waals surface area contributed by atoms with E-state index in [1.165, 1.54) is 6.21 Å². The maximum Gasteiger partial charge on any atom is 0.329 e. The summed E-state index contributed by atoms with van der Waals surface area (Å²) in [7, 11) is 0. The number of hydrazone groups is 1. The Morgan fingerprint density at radius 2 is 1.96 bits per heavy atom. The summed E-state index contributed by atoms with van der Waals surface area (Å²) in [6.07, 6.45) is 6.55. The van der Waals surface area contributed by atoms with Crippen LogP contribution in [-0.4, -0.2) is 24.6 Å². The van der Waals surface area contributed by atoms with Crippen molar-refractivity contribution in [1.82, 2.24) is 5.43 Å². The molecule has 0 bridgehead atoms. The van der Waals surface area contributed by atoms with Crippen LogP contribution < -0.4 is 15.5 Å². The van der Waals surface area contributed by atoms with Crippen molar-refractivity contribution in [2.75, 3.05) is 11.9 Å². The second kappa shape index (κ2) is 9.39. The van der Waals surface area contributed by atoms with Gasteiger partial charge < -0.3 is 10.1 Å². The highest BCUT2D eigenvalue weighted by Crippen LogP contribution is 2.21. The van der Waals surface area contributed by atoms with Gasteiger partial charge in [-0.3, -0.25) is 9.59 Å². The molecule has 0 aromatic heterocycles. The SMILES string of the molecule is C#CCOc1ccc(Br)cc1/C=N\NC(=O)C(=O)Nc1ccc(C)cc1. The Morgan fingerprint density at radius 1 is 1.23 bits per heavy atom. The van der Waals surface area contributed by atoms with Crippen LogP contribution in [0.3, 0.4) is 0 Å². The van der Waals surface area contributed by atoms with Crippen molar-refractivity contribution in [2.45, 2.75) is 6.92 Å². The molecule has 6 nitrogen and oxygen atoms in total. The summed E-state index contributed by atoms with van der Waals surface area (Å²) >= 11 is 3.34. The topological polar surface area (TPSA) is 79.8 Å². The van der Waals surface area contributed by atoms with Crippen molar-refractivity contribution in [3.8, 4) is 18.1 Å². The summed E-state index contributed by atoms with van der Waals surface area (Å²) in [5.74, 6) is 1.18. The molecule has 0 aliphatic carbocycles. The number of hydrogen-bond acceptors (Lipinski definition) is 4. The van der Waals surface area contributed by atoms with E-state index in [9.17, 15) is 9.59 Å². The van der Waals surface area contributed by atoms with Gasteiger partial charge in [-0.05, 0) is 37.3 Å². The Kier molecular flexibility index (Phi) is 6.94. The maximum atomic E-state index is 11.9. The van der Waals surface area contributed by atoms with Gasteiger partial charge in [0, 0.05) is 15.7 Å². The minimum atomic E-state index is -0.886. The molecule has 2 aromatic carbocycles. The predicted molar refractivity (Wildman–Crippen MR) is 104 cm³/mol. The van der Waals surface area contributed by atoms with E-state index in [0.29, 0.717) is 17.0 Å². The van der Waals surface area contributed by atoms with Crippen LogP contribution in [0.1, 0.15) is 11.1 Å². The van der Waals surface area contributed by atoms with Gasteiger partial charge in [0.1, 0.15) is 12.4 Å². The standard InChI is InChI=1S/C19H16BrN3O3/c1-3-10-26-17-9-6-15(20)11-14(17)12-21-23-19(25)18(24)22-16-7-4-13(2)5-8-16/h1,4-9,11-12H,10H2,2H3,(H,22,24)(H,23,25)/b21-12-. The molecule has 0 aliphatic heterocycles. The van der Waals surface area contributed by atoms with Crippen LogP contribution >= 0.6 is 15.9 Å². The molecular weight excluding hydrogens is 398 g/mol. The maximum absolute atomic E-state index is 11.9. The van der Waals surface area contributed by atoms with Crippen molar-refractivity contribution in [2.24, 2.45) is 5.10 Å². The molecule has 2 aromatic rings. The molecule has 0 unspecified atom stereocenters. The molecule has 0 spiro atoms. The fourth-order valence-electron chi connectivity index (χ4n) is 1.91. The zero-order valence-corrected chi connectivity index (χ0v) is 15.5. The van der Waals surface area contributed by atoms with Crippen LogP contribution in [0.15, 0.2) is 52.0 Å². The molecule has 0 radical (unpaired) electrons. The van der Waals surface area contributed by atoms with Gasteiger partial charge in [0.2, 0.25) is 0 Å². The quantitative estimate of drug-likeness (QED) is 0.342. The Morgan fingerprint density at radius 3 is 2.65 bits per heavy atom. The first-order valence-corrected chi connectivity index (χ1v) is 8.36. The largest absolute Gasteiger partial charge is 0.480 e. The van der Waals surface area contributed by atoms with Crippen molar-refractivity contribution in [1.29, 1.82) is 0 Å². The number of carbonyl (C=O) groups is 2. The lowest BCUT2D eigenvalue weighted by Crippen LogP contribution is -2.32. The molecule has 7 heteroatoms. The number of ether oxygens (including phenoxy) is 1. The second-order valence-corrected chi connectivity index (χ2v) is 6.11. The van der Waals surface area contributed by atoms with E-state index in [1.807, 2.05) is 19.1 Å². The van der Waals surface area contributed by atoms with E-state index in [-0.39, 0.29) is 6.61 Å². The number of aryl methyl sites for hydroxylation is 1. The van der Waals surface area contributed by atoms with E-state index in [2.05, 4.69) is 37.7 Å². The van der Waals surface area contributed by atoms with Gasteiger partial charge >= 0.3 is 11.8 Å². The number of nitrogens with one attached hydrogen (secondary N) is 2. The third-order valence-corrected chi connectivity index (χ3v) is 3.66. The highest BCUT2D eigenvalue weighted by molar-refractivity contribution is 9.10. The van der Waals surface area contributed by atoms with E-state index < -0.39 is 11.8 Å². The zero-order chi connectivity index (χ0) is 18.9. The number of terminal acetylenes is 1. The average molecular weight is 414 g/mol. The monoisotopic (exact) mass is 413 g/mol. The van der Waals surface area contributed by atoms with Crippen molar-refractivity contribution in [3.05, 3.63) is 58.1 Å². The number of rotatable bonds is 5.